The third-order valence-corrected chi connectivity index (χ3v) is 6.03. The molecule has 1 unspecified atom stereocenters. The van der Waals surface area contributed by atoms with Crippen LogP contribution in [0.3, 0.4) is 0 Å². The molecule has 2 aromatic heterocycles. The summed E-state index contributed by atoms with van der Waals surface area (Å²) in [5, 5.41) is 10.1. The Morgan fingerprint density at radius 1 is 1.47 bits per heavy atom. The van der Waals surface area contributed by atoms with Gasteiger partial charge in [-0.25, -0.2) is 4.98 Å². The van der Waals surface area contributed by atoms with Crippen molar-refractivity contribution in [1.29, 1.82) is 0 Å². The lowest BCUT2D eigenvalue weighted by Crippen LogP contribution is -1.94. The Hall–Kier alpha value is 0.540. The molecule has 2 rings (SSSR count). The van der Waals surface area contributed by atoms with E-state index >= 15 is 0 Å². The Bertz CT molecular complexity index is 465. The van der Waals surface area contributed by atoms with E-state index in [1.54, 1.807) is 5.51 Å². The number of nitrogens with zero attached hydrogens (tertiary/aromatic N) is 1. The number of thiophene rings is 1. The lowest BCUT2D eigenvalue weighted by Gasteiger charge is -2.04. The van der Waals surface area contributed by atoms with E-state index in [1.165, 1.54) is 22.7 Å². The second kappa shape index (κ2) is 4.81. The standard InChI is InChI=1S/C8H4Br2ClNOS2/c9-3-1-4(15-8(3)11)5(13)6-7(10)12-2-14-6/h1-2,5,13H. The van der Waals surface area contributed by atoms with Crippen molar-refractivity contribution in [3.8, 4) is 0 Å². The molecular formula is C8H4Br2ClNOS2. The largest absolute Gasteiger partial charge is 0.382 e. The van der Waals surface area contributed by atoms with Crippen molar-refractivity contribution in [3.63, 3.8) is 0 Å². The van der Waals surface area contributed by atoms with Crippen LogP contribution in [0.15, 0.2) is 20.7 Å². The Morgan fingerprint density at radius 2 is 2.20 bits per heavy atom. The molecule has 0 spiro atoms. The zero-order valence-electron chi connectivity index (χ0n) is 7.08. The summed E-state index contributed by atoms with van der Waals surface area (Å²) in [6.45, 7) is 0. The van der Waals surface area contributed by atoms with Crippen LogP contribution in [0, 0.1) is 0 Å². The number of hydrogen-bond donors (Lipinski definition) is 1. The highest BCUT2D eigenvalue weighted by molar-refractivity contribution is 9.10. The van der Waals surface area contributed by atoms with Crippen molar-refractivity contribution < 1.29 is 5.11 Å². The maximum Gasteiger partial charge on any atom is 0.125 e. The predicted octanol–water partition coefficient (Wildman–Crippen LogP) is 4.46. The van der Waals surface area contributed by atoms with Gasteiger partial charge in [0, 0.05) is 9.35 Å². The van der Waals surface area contributed by atoms with Gasteiger partial charge in [0.15, 0.2) is 0 Å². The molecule has 0 saturated carbocycles. The molecule has 0 aliphatic heterocycles. The van der Waals surface area contributed by atoms with Gasteiger partial charge in [-0.2, -0.15) is 0 Å². The molecule has 0 aromatic carbocycles. The average molecular weight is 390 g/mol. The SMILES string of the molecule is OC(c1cc(Br)c(Cl)s1)c1scnc1Br. The molecule has 0 aliphatic rings. The highest BCUT2D eigenvalue weighted by atomic mass is 79.9. The number of rotatable bonds is 2. The number of aromatic nitrogens is 1. The molecule has 7 heteroatoms. The third kappa shape index (κ3) is 2.45. The summed E-state index contributed by atoms with van der Waals surface area (Å²) in [6.07, 6.45) is -0.666. The van der Waals surface area contributed by atoms with E-state index in [9.17, 15) is 5.11 Å². The van der Waals surface area contributed by atoms with Crippen LogP contribution in [0.5, 0.6) is 0 Å². The molecule has 2 heterocycles. The quantitative estimate of drug-likeness (QED) is 0.822. The molecule has 1 N–H and O–H groups in total. The smallest absolute Gasteiger partial charge is 0.125 e. The van der Waals surface area contributed by atoms with Crippen LogP contribution in [0.25, 0.3) is 0 Å². The van der Waals surface area contributed by atoms with Gasteiger partial charge in [-0.15, -0.1) is 22.7 Å². The van der Waals surface area contributed by atoms with Crippen LogP contribution >= 0.6 is 66.1 Å². The fourth-order valence-electron chi connectivity index (χ4n) is 1.05. The minimum absolute atomic E-state index is 0.643. The monoisotopic (exact) mass is 387 g/mol. The summed E-state index contributed by atoms with van der Waals surface area (Å²) in [6, 6.07) is 1.82. The van der Waals surface area contributed by atoms with Crippen molar-refractivity contribution in [2.45, 2.75) is 6.10 Å². The van der Waals surface area contributed by atoms with Crippen molar-refractivity contribution in [2.24, 2.45) is 0 Å². The second-order valence-electron chi connectivity index (χ2n) is 2.68. The van der Waals surface area contributed by atoms with Gasteiger partial charge >= 0.3 is 0 Å². The van der Waals surface area contributed by atoms with E-state index in [-0.39, 0.29) is 0 Å². The van der Waals surface area contributed by atoms with E-state index in [2.05, 4.69) is 36.8 Å². The maximum atomic E-state index is 10.1. The highest BCUT2D eigenvalue weighted by Crippen LogP contribution is 2.39. The van der Waals surface area contributed by atoms with Gasteiger partial charge in [0.1, 0.15) is 15.0 Å². The predicted molar refractivity (Wildman–Crippen MR) is 70.9 cm³/mol. The molecule has 0 radical (unpaired) electrons. The maximum absolute atomic E-state index is 10.1. The van der Waals surface area contributed by atoms with Gasteiger partial charge in [0.25, 0.3) is 0 Å². The van der Waals surface area contributed by atoms with Crippen molar-refractivity contribution in [1.82, 2.24) is 4.98 Å². The van der Waals surface area contributed by atoms with Gasteiger partial charge < -0.3 is 5.11 Å². The molecule has 0 bridgehead atoms. The van der Waals surface area contributed by atoms with Crippen molar-refractivity contribution in [2.75, 3.05) is 0 Å². The highest BCUT2D eigenvalue weighted by Gasteiger charge is 2.19. The molecule has 0 saturated heterocycles. The van der Waals surface area contributed by atoms with E-state index in [1.807, 2.05) is 6.07 Å². The van der Waals surface area contributed by atoms with Gasteiger partial charge in [0.2, 0.25) is 0 Å². The van der Waals surface area contributed by atoms with Gasteiger partial charge in [-0.05, 0) is 37.9 Å². The summed E-state index contributed by atoms with van der Waals surface area (Å²) in [7, 11) is 0. The lowest BCUT2D eigenvalue weighted by molar-refractivity contribution is 0.227. The van der Waals surface area contributed by atoms with E-state index in [4.69, 9.17) is 11.6 Å². The Kier molecular flexibility index (Phi) is 3.85. The Morgan fingerprint density at radius 3 is 2.67 bits per heavy atom. The molecule has 1 atom stereocenters. The summed E-state index contributed by atoms with van der Waals surface area (Å²) in [4.78, 5) is 5.62. The van der Waals surface area contributed by atoms with Crippen LogP contribution in [0.2, 0.25) is 4.34 Å². The Balaban J connectivity index is 2.36. The lowest BCUT2D eigenvalue weighted by atomic mass is 10.2. The van der Waals surface area contributed by atoms with Crippen LogP contribution in [0.4, 0.5) is 0 Å². The molecule has 80 valence electrons. The Labute approximate surface area is 116 Å². The number of aliphatic hydroxyl groups is 1. The van der Waals surface area contributed by atoms with E-state index in [0.717, 1.165) is 14.2 Å². The molecule has 0 amide bonds. The van der Waals surface area contributed by atoms with Crippen LogP contribution in [-0.2, 0) is 0 Å². The summed E-state index contributed by atoms with van der Waals surface area (Å²) < 4.78 is 2.13. The van der Waals surface area contributed by atoms with Crippen molar-refractivity contribution >= 4 is 66.1 Å². The zero-order valence-corrected chi connectivity index (χ0v) is 12.6. The molecule has 15 heavy (non-hydrogen) atoms. The van der Waals surface area contributed by atoms with Crippen LogP contribution < -0.4 is 0 Å². The summed E-state index contributed by atoms with van der Waals surface area (Å²) in [5.74, 6) is 0. The van der Waals surface area contributed by atoms with E-state index < -0.39 is 6.10 Å². The summed E-state index contributed by atoms with van der Waals surface area (Å²) in [5.41, 5.74) is 1.69. The minimum atomic E-state index is -0.666. The van der Waals surface area contributed by atoms with Crippen LogP contribution in [0.1, 0.15) is 15.9 Å². The third-order valence-electron chi connectivity index (χ3n) is 1.73. The number of halogens is 3. The van der Waals surface area contributed by atoms with Crippen molar-refractivity contribution in [3.05, 3.63) is 34.7 Å². The minimum Gasteiger partial charge on any atom is -0.382 e. The van der Waals surface area contributed by atoms with Crippen LogP contribution in [-0.4, -0.2) is 10.1 Å². The summed E-state index contributed by atoms with van der Waals surface area (Å²) >= 11 is 15.3. The topological polar surface area (TPSA) is 33.1 Å². The molecule has 2 nitrogen and oxygen atoms in total. The van der Waals surface area contributed by atoms with Gasteiger partial charge in [-0.3, -0.25) is 0 Å². The first-order valence-electron chi connectivity index (χ1n) is 3.81. The zero-order chi connectivity index (χ0) is 11.0. The first-order valence-corrected chi connectivity index (χ1v) is 7.47. The van der Waals surface area contributed by atoms with Gasteiger partial charge in [0.05, 0.1) is 10.4 Å². The number of thiazole rings is 1. The molecular weight excluding hydrogens is 385 g/mol. The number of hydrogen-bond acceptors (Lipinski definition) is 4. The first kappa shape index (κ1) is 12.0. The second-order valence-corrected chi connectivity index (χ2v) is 6.86. The van der Waals surface area contributed by atoms with E-state index in [0.29, 0.717) is 8.94 Å². The average Bonchev–Trinajstić information content (AvgIpc) is 2.74. The fraction of sp³-hybridized carbons (Fsp3) is 0.125. The van der Waals surface area contributed by atoms with Gasteiger partial charge in [-0.1, -0.05) is 11.6 Å². The molecule has 2 aromatic rings. The first-order chi connectivity index (χ1) is 7.09. The molecule has 0 aliphatic carbocycles. The number of aliphatic hydroxyl groups excluding tert-OH is 1. The molecule has 0 fully saturated rings. The normalized spacial score (nSPS) is 13.1. The fourth-order valence-corrected chi connectivity index (χ4v) is 4.27.